The monoisotopic (exact) mass is 435 g/mol. The van der Waals surface area contributed by atoms with Crippen LogP contribution in [0, 0.1) is 10.1 Å². The number of non-ortho nitro benzene ring substituents is 1. The zero-order chi connectivity index (χ0) is 22.2. The fourth-order valence-corrected chi connectivity index (χ4v) is 3.86. The Hall–Kier alpha value is -3.65. The zero-order valence-corrected chi connectivity index (χ0v) is 17.6. The number of nitrogens with zero attached hydrogens (tertiary/aromatic N) is 1. The Labute approximate surface area is 184 Å². The largest absolute Gasteiger partial charge is 0.325 e. The van der Waals surface area contributed by atoms with E-state index < -0.39 is 10.8 Å². The highest BCUT2D eigenvalue weighted by Gasteiger charge is 2.18. The normalized spacial score (nSPS) is 11.4. The van der Waals surface area contributed by atoms with Crippen molar-refractivity contribution in [3.8, 4) is 0 Å². The van der Waals surface area contributed by atoms with Gasteiger partial charge in [-0.1, -0.05) is 37.3 Å². The maximum absolute atomic E-state index is 12.6. The van der Waals surface area contributed by atoms with Crippen LogP contribution in [0.4, 0.5) is 17.1 Å². The molecule has 3 aromatic rings. The van der Waals surface area contributed by atoms with Gasteiger partial charge < -0.3 is 10.6 Å². The fourth-order valence-electron chi connectivity index (χ4n) is 2.84. The molecule has 0 aliphatic heterocycles. The lowest BCUT2D eigenvalue weighted by molar-refractivity contribution is -0.384. The summed E-state index contributed by atoms with van der Waals surface area (Å²) in [4.78, 5) is 36.3. The van der Waals surface area contributed by atoms with Crippen LogP contribution in [0.2, 0.25) is 0 Å². The lowest BCUT2D eigenvalue weighted by atomic mass is 10.2. The molecule has 2 amide bonds. The molecule has 8 heteroatoms. The fraction of sp³-hybridized carbons (Fsp3) is 0.130. The van der Waals surface area contributed by atoms with Gasteiger partial charge in [-0.3, -0.25) is 19.7 Å². The predicted octanol–water partition coefficient (Wildman–Crippen LogP) is 5.36. The second-order valence-corrected chi connectivity index (χ2v) is 7.94. The number of anilines is 2. The van der Waals surface area contributed by atoms with Crippen molar-refractivity contribution in [1.29, 1.82) is 0 Å². The van der Waals surface area contributed by atoms with Crippen molar-refractivity contribution in [2.24, 2.45) is 0 Å². The van der Waals surface area contributed by atoms with Gasteiger partial charge in [-0.25, -0.2) is 0 Å². The summed E-state index contributed by atoms with van der Waals surface area (Å²) in [6.45, 7) is 1.94. The van der Waals surface area contributed by atoms with Crippen molar-refractivity contribution in [3.63, 3.8) is 0 Å². The van der Waals surface area contributed by atoms with E-state index in [9.17, 15) is 19.7 Å². The van der Waals surface area contributed by atoms with Gasteiger partial charge in [0.2, 0.25) is 5.91 Å². The molecule has 0 heterocycles. The van der Waals surface area contributed by atoms with E-state index >= 15 is 0 Å². The SMILES string of the molecule is CCC(Sc1cccc(NC(=O)c2cccc([N+](=O)[O-])c2)c1)C(=O)Nc1ccccc1. The van der Waals surface area contributed by atoms with E-state index in [1.807, 2.05) is 43.3 Å². The van der Waals surface area contributed by atoms with Gasteiger partial charge in [0.1, 0.15) is 0 Å². The number of nitro groups is 1. The number of rotatable bonds is 8. The third kappa shape index (κ3) is 6.16. The second kappa shape index (κ2) is 10.4. The Morgan fingerprint density at radius 1 is 0.935 bits per heavy atom. The molecular formula is C23H21N3O4S. The molecule has 0 spiro atoms. The topological polar surface area (TPSA) is 101 Å². The van der Waals surface area contributed by atoms with Gasteiger partial charge in [0, 0.05) is 34.0 Å². The van der Waals surface area contributed by atoms with Crippen molar-refractivity contribution in [2.75, 3.05) is 10.6 Å². The molecule has 1 atom stereocenters. The van der Waals surface area contributed by atoms with E-state index in [2.05, 4.69) is 10.6 Å². The molecule has 3 aromatic carbocycles. The summed E-state index contributed by atoms with van der Waals surface area (Å²) in [6.07, 6.45) is 0.633. The van der Waals surface area contributed by atoms with Gasteiger partial charge in [0.25, 0.3) is 11.6 Å². The van der Waals surface area contributed by atoms with Gasteiger partial charge in [-0.05, 0) is 42.8 Å². The van der Waals surface area contributed by atoms with Crippen LogP contribution in [0.1, 0.15) is 23.7 Å². The molecule has 0 aliphatic rings. The van der Waals surface area contributed by atoms with Gasteiger partial charge in [-0.2, -0.15) is 0 Å². The van der Waals surface area contributed by atoms with Crippen molar-refractivity contribution >= 4 is 40.6 Å². The summed E-state index contributed by atoms with van der Waals surface area (Å²) < 4.78 is 0. The van der Waals surface area contributed by atoms with E-state index in [0.29, 0.717) is 12.1 Å². The maximum Gasteiger partial charge on any atom is 0.270 e. The minimum Gasteiger partial charge on any atom is -0.325 e. The van der Waals surface area contributed by atoms with Crippen molar-refractivity contribution in [3.05, 3.63) is 94.5 Å². The lowest BCUT2D eigenvalue weighted by Crippen LogP contribution is -2.24. The number of para-hydroxylation sites is 1. The average Bonchev–Trinajstić information content (AvgIpc) is 2.78. The number of benzene rings is 3. The molecule has 0 saturated carbocycles. The van der Waals surface area contributed by atoms with Gasteiger partial charge in [0.15, 0.2) is 0 Å². The highest BCUT2D eigenvalue weighted by molar-refractivity contribution is 8.00. The van der Waals surface area contributed by atoms with Crippen LogP contribution in [0.5, 0.6) is 0 Å². The van der Waals surface area contributed by atoms with Crippen molar-refractivity contribution < 1.29 is 14.5 Å². The highest BCUT2D eigenvalue weighted by atomic mass is 32.2. The van der Waals surface area contributed by atoms with Gasteiger partial charge in [-0.15, -0.1) is 11.8 Å². The summed E-state index contributed by atoms with van der Waals surface area (Å²) in [7, 11) is 0. The number of thioether (sulfide) groups is 1. The molecule has 7 nitrogen and oxygen atoms in total. The van der Waals surface area contributed by atoms with Crippen LogP contribution >= 0.6 is 11.8 Å². The molecule has 0 aliphatic carbocycles. The van der Waals surface area contributed by atoms with Gasteiger partial charge >= 0.3 is 0 Å². The standard InChI is InChI=1S/C23H21N3O4S/c1-2-21(23(28)24-17-9-4-3-5-10-17)31-20-13-7-11-18(15-20)25-22(27)16-8-6-12-19(14-16)26(29)30/h3-15,21H,2H2,1H3,(H,24,28)(H,25,27). The number of nitro benzene ring substituents is 1. The van der Waals surface area contributed by atoms with Crippen molar-refractivity contribution in [2.45, 2.75) is 23.5 Å². The molecule has 2 N–H and O–H groups in total. The Morgan fingerprint density at radius 3 is 2.35 bits per heavy atom. The minimum absolute atomic E-state index is 0.0928. The van der Waals surface area contributed by atoms with E-state index in [0.717, 1.165) is 10.6 Å². The number of carbonyl (C=O) groups is 2. The molecular weight excluding hydrogens is 414 g/mol. The van der Waals surface area contributed by atoms with E-state index in [1.165, 1.54) is 36.0 Å². The summed E-state index contributed by atoms with van der Waals surface area (Å²) in [6, 6.07) is 22.0. The third-order valence-corrected chi connectivity index (χ3v) is 5.75. The quantitative estimate of drug-likeness (QED) is 0.282. The number of nitrogens with one attached hydrogen (secondary N) is 2. The molecule has 0 radical (unpaired) electrons. The summed E-state index contributed by atoms with van der Waals surface area (Å²) in [5.41, 5.74) is 1.33. The van der Waals surface area contributed by atoms with Crippen LogP contribution in [-0.2, 0) is 4.79 Å². The smallest absolute Gasteiger partial charge is 0.270 e. The van der Waals surface area contributed by atoms with Gasteiger partial charge in [0.05, 0.1) is 10.2 Å². The molecule has 3 rings (SSSR count). The van der Waals surface area contributed by atoms with Crippen molar-refractivity contribution in [1.82, 2.24) is 0 Å². The summed E-state index contributed by atoms with van der Waals surface area (Å²) in [5.74, 6) is -0.538. The number of carbonyl (C=O) groups excluding carboxylic acids is 2. The zero-order valence-electron chi connectivity index (χ0n) is 16.8. The van der Waals surface area contributed by atoms with E-state index in [1.54, 1.807) is 18.2 Å². The Balaban J connectivity index is 1.67. The van der Waals surface area contributed by atoms with Crippen LogP contribution in [0.25, 0.3) is 0 Å². The third-order valence-electron chi connectivity index (χ3n) is 4.39. The molecule has 0 saturated heterocycles. The highest BCUT2D eigenvalue weighted by Crippen LogP contribution is 2.29. The lowest BCUT2D eigenvalue weighted by Gasteiger charge is -2.15. The van der Waals surface area contributed by atoms with E-state index in [-0.39, 0.29) is 22.4 Å². The molecule has 31 heavy (non-hydrogen) atoms. The van der Waals surface area contributed by atoms with Crippen LogP contribution in [-0.4, -0.2) is 22.0 Å². The summed E-state index contributed by atoms with van der Waals surface area (Å²) >= 11 is 1.41. The van der Waals surface area contributed by atoms with Crippen LogP contribution in [0.3, 0.4) is 0 Å². The predicted molar refractivity (Wildman–Crippen MR) is 122 cm³/mol. The average molecular weight is 436 g/mol. The molecule has 0 bridgehead atoms. The first-order valence-corrected chi connectivity index (χ1v) is 10.5. The summed E-state index contributed by atoms with van der Waals surface area (Å²) in [5, 5.41) is 16.3. The molecule has 0 aromatic heterocycles. The first-order valence-electron chi connectivity index (χ1n) is 9.64. The molecule has 158 valence electrons. The molecule has 1 unspecified atom stereocenters. The number of hydrogen-bond acceptors (Lipinski definition) is 5. The first-order chi connectivity index (χ1) is 15.0. The molecule has 0 fully saturated rings. The van der Waals surface area contributed by atoms with E-state index in [4.69, 9.17) is 0 Å². The second-order valence-electron chi connectivity index (χ2n) is 6.66. The Morgan fingerprint density at radius 2 is 1.65 bits per heavy atom. The Kier molecular flexibility index (Phi) is 7.40. The van der Waals surface area contributed by atoms with Crippen LogP contribution in [0.15, 0.2) is 83.8 Å². The number of hydrogen-bond donors (Lipinski definition) is 2. The Bertz CT molecular complexity index is 1090. The minimum atomic E-state index is -0.542. The number of amides is 2. The first kappa shape index (κ1) is 22.0. The maximum atomic E-state index is 12.6. The van der Waals surface area contributed by atoms with Crippen LogP contribution < -0.4 is 10.6 Å².